The van der Waals surface area contributed by atoms with Crippen LogP contribution in [0.1, 0.15) is 41.0 Å². The summed E-state index contributed by atoms with van der Waals surface area (Å²) in [5.74, 6) is -3.10. The Morgan fingerprint density at radius 1 is 1.21 bits per heavy atom. The van der Waals surface area contributed by atoms with E-state index in [1.54, 1.807) is 27.7 Å². The standard InChI is InChI=1S/C17H24O7/c1-6-7(2)14(18)22-12-11-9(16(20)24-17(3,4)5)8-10(21-11)13(12)23-15(8)19/h7-13H,6H2,1-5H3. The second-order valence-corrected chi connectivity index (χ2v) is 7.76. The van der Waals surface area contributed by atoms with Crippen LogP contribution in [0.25, 0.3) is 0 Å². The Morgan fingerprint density at radius 3 is 2.46 bits per heavy atom. The van der Waals surface area contributed by atoms with Gasteiger partial charge in [-0.05, 0) is 27.2 Å². The highest BCUT2D eigenvalue weighted by atomic mass is 16.7. The van der Waals surface area contributed by atoms with Crippen LogP contribution in [0.5, 0.6) is 0 Å². The van der Waals surface area contributed by atoms with Gasteiger partial charge in [-0.25, -0.2) is 0 Å². The van der Waals surface area contributed by atoms with E-state index in [4.69, 9.17) is 18.9 Å². The molecule has 7 nitrogen and oxygen atoms in total. The maximum Gasteiger partial charge on any atom is 0.313 e. The summed E-state index contributed by atoms with van der Waals surface area (Å²) >= 11 is 0. The van der Waals surface area contributed by atoms with E-state index in [-0.39, 0.29) is 11.9 Å². The lowest BCUT2D eigenvalue weighted by Gasteiger charge is -2.30. The quantitative estimate of drug-likeness (QED) is 0.562. The summed E-state index contributed by atoms with van der Waals surface area (Å²) < 4.78 is 22.1. The highest BCUT2D eigenvalue weighted by molar-refractivity contribution is 5.87. The van der Waals surface area contributed by atoms with Crippen molar-refractivity contribution in [3.05, 3.63) is 0 Å². The van der Waals surface area contributed by atoms with Crippen molar-refractivity contribution in [1.82, 2.24) is 0 Å². The fourth-order valence-electron chi connectivity index (χ4n) is 3.53. The Kier molecular flexibility index (Phi) is 4.10. The van der Waals surface area contributed by atoms with Gasteiger partial charge in [0.2, 0.25) is 0 Å². The lowest BCUT2D eigenvalue weighted by molar-refractivity contribution is -0.171. The minimum absolute atomic E-state index is 0.267. The number of carbonyl (C=O) groups is 3. The Morgan fingerprint density at radius 2 is 1.88 bits per heavy atom. The maximum absolute atomic E-state index is 12.6. The van der Waals surface area contributed by atoms with Crippen LogP contribution in [-0.2, 0) is 33.3 Å². The van der Waals surface area contributed by atoms with E-state index in [0.717, 1.165) is 0 Å². The molecule has 3 aliphatic heterocycles. The SMILES string of the molecule is CCC(C)C(=O)OC1C2OC(=O)C3C2OC1C3C(=O)OC(C)(C)C. The molecule has 3 rings (SSSR count). The van der Waals surface area contributed by atoms with Crippen molar-refractivity contribution in [2.75, 3.05) is 0 Å². The van der Waals surface area contributed by atoms with Gasteiger partial charge in [-0.2, -0.15) is 0 Å². The van der Waals surface area contributed by atoms with Gasteiger partial charge in [-0.1, -0.05) is 13.8 Å². The van der Waals surface area contributed by atoms with Crippen LogP contribution in [0, 0.1) is 17.8 Å². The van der Waals surface area contributed by atoms with Gasteiger partial charge in [-0.3, -0.25) is 14.4 Å². The Labute approximate surface area is 140 Å². The van der Waals surface area contributed by atoms with Gasteiger partial charge in [-0.15, -0.1) is 0 Å². The van der Waals surface area contributed by atoms with Gasteiger partial charge in [0.05, 0.1) is 5.92 Å². The predicted octanol–water partition coefficient (Wildman–Crippen LogP) is 1.22. The lowest BCUT2D eigenvalue weighted by atomic mass is 9.78. The lowest BCUT2D eigenvalue weighted by Crippen LogP contribution is -2.49. The molecular weight excluding hydrogens is 316 g/mol. The van der Waals surface area contributed by atoms with Gasteiger partial charge < -0.3 is 18.9 Å². The Hall–Kier alpha value is -1.63. The average molecular weight is 340 g/mol. The fourth-order valence-corrected chi connectivity index (χ4v) is 3.53. The van der Waals surface area contributed by atoms with E-state index in [1.807, 2.05) is 6.92 Å². The van der Waals surface area contributed by atoms with Gasteiger partial charge >= 0.3 is 17.9 Å². The largest absolute Gasteiger partial charge is 0.460 e. The molecule has 3 aliphatic rings. The van der Waals surface area contributed by atoms with Gasteiger partial charge in [0.15, 0.2) is 12.2 Å². The molecular formula is C17H24O7. The first-order valence-corrected chi connectivity index (χ1v) is 8.43. The second-order valence-electron chi connectivity index (χ2n) is 7.76. The van der Waals surface area contributed by atoms with Crippen LogP contribution in [0.15, 0.2) is 0 Å². The van der Waals surface area contributed by atoms with Crippen LogP contribution in [0.2, 0.25) is 0 Å². The Balaban J connectivity index is 1.81. The maximum atomic E-state index is 12.6. The Bertz CT molecular complexity index is 564. The monoisotopic (exact) mass is 340 g/mol. The van der Waals surface area contributed by atoms with Crippen molar-refractivity contribution in [1.29, 1.82) is 0 Å². The predicted molar refractivity (Wildman–Crippen MR) is 80.7 cm³/mol. The number of hydrogen-bond acceptors (Lipinski definition) is 7. The van der Waals surface area contributed by atoms with E-state index in [2.05, 4.69) is 0 Å². The zero-order chi connectivity index (χ0) is 17.8. The molecule has 24 heavy (non-hydrogen) atoms. The molecule has 0 N–H and O–H groups in total. The van der Waals surface area contributed by atoms with E-state index >= 15 is 0 Å². The molecule has 7 atom stereocenters. The number of rotatable bonds is 4. The van der Waals surface area contributed by atoms with Crippen molar-refractivity contribution in [2.45, 2.75) is 71.1 Å². The van der Waals surface area contributed by atoms with E-state index in [1.165, 1.54) is 0 Å². The molecule has 7 heteroatoms. The molecule has 2 bridgehead atoms. The summed E-state index contributed by atoms with van der Waals surface area (Å²) in [6.07, 6.45) is -1.98. The van der Waals surface area contributed by atoms with Crippen molar-refractivity contribution < 1.29 is 33.3 Å². The van der Waals surface area contributed by atoms with E-state index in [0.29, 0.717) is 6.42 Å². The molecule has 0 saturated carbocycles. The zero-order valence-electron chi connectivity index (χ0n) is 14.6. The third-order valence-electron chi connectivity index (χ3n) is 4.85. The highest BCUT2D eigenvalue weighted by Gasteiger charge is 2.72. The molecule has 3 fully saturated rings. The summed E-state index contributed by atoms with van der Waals surface area (Å²) in [6, 6.07) is 0. The van der Waals surface area contributed by atoms with Crippen molar-refractivity contribution in [3.63, 3.8) is 0 Å². The third-order valence-corrected chi connectivity index (χ3v) is 4.85. The van der Waals surface area contributed by atoms with Crippen molar-refractivity contribution in [2.24, 2.45) is 17.8 Å². The molecule has 0 radical (unpaired) electrons. The molecule has 3 saturated heterocycles. The molecule has 7 unspecified atom stereocenters. The minimum Gasteiger partial charge on any atom is -0.460 e. The zero-order valence-corrected chi connectivity index (χ0v) is 14.6. The number of hydrogen-bond donors (Lipinski definition) is 0. The summed E-state index contributed by atoms with van der Waals surface area (Å²) in [6.45, 7) is 8.93. The minimum atomic E-state index is -0.796. The van der Waals surface area contributed by atoms with Crippen molar-refractivity contribution >= 4 is 17.9 Å². The first kappa shape index (κ1) is 17.2. The molecule has 0 spiro atoms. The van der Waals surface area contributed by atoms with Crippen LogP contribution < -0.4 is 0 Å². The second kappa shape index (κ2) is 5.72. The fraction of sp³-hybridized carbons (Fsp3) is 0.824. The van der Waals surface area contributed by atoms with Gasteiger partial charge in [0.1, 0.15) is 29.6 Å². The first-order chi connectivity index (χ1) is 11.1. The molecule has 0 aromatic rings. The first-order valence-electron chi connectivity index (χ1n) is 8.43. The number of fused-ring (bicyclic) bond motifs is 1. The summed E-state index contributed by atoms with van der Waals surface area (Å²) in [4.78, 5) is 36.8. The number of ether oxygens (including phenoxy) is 4. The molecule has 134 valence electrons. The van der Waals surface area contributed by atoms with E-state index in [9.17, 15) is 14.4 Å². The van der Waals surface area contributed by atoms with Crippen LogP contribution in [0.3, 0.4) is 0 Å². The molecule has 0 amide bonds. The van der Waals surface area contributed by atoms with E-state index < -0.39 is 53.8 Å². The normalized spacial score (nSPS) is 38.0. The summed E-state index contributed by atoms with van der Waals surface area (Å²) in [5, 5.41) is 0. The smallest absolute Gasteiger partial charge is 0.313 e. The van der Waals surface area contributed by atoms with Gasteiger partial charge in [0, 0.05) is 0 Å². The summed E-state index contributed by atoms with van der Waals surface area (Å²) in [5.41, 5.74) is -0.677. The molecule has 0 aromatic heterocycles. The van der Waals surface area contributed by atoms with Crippen LogP contribution in [-0.4, -0.2) is 47.9 Å². The highest BCUT2D eigenvalue weighted by Crippen LogP contribution is 2.51. The molecule has 3 heterocycles. The molecule has 0 aromatic carbocycles. The van der Waals surface area contributed by atoms with Gasteiger partial charge in [0.25, 0.3) is 0 Å². The number of esters is 3. The van der Waals surface area contributed by atoms with Crippen LogP contribution >= 0.6 is 0 Å². The third kappa shape index (κ3) is 2.68. The molecule has 0 aliphatic carbocycles. The number of carbonyl (C=O) groups excluding carboxylic acids is 3. The van der Waals surface area contributed by atoms with Crippen LogP contribution in [0.4, 0.5) is 0 Å². The topological polar surface area (TPSA) is 88.1 Å². The summed E-state index contributed by atoms with van der Waals surface area (Å²) in [7, 11) is 0. The average Bonchev–Trinajstić information content (AvgIpc) is 3.07. The van der Waals surface area contributed by atoms with Crippen molar-refractivity contribution in [3.8, 4) is 0 Å².